The van der Waals surface area contributed by atoms with Gasteiger partial charge >= 0.3 is 0 Å². The standard InChI is InChI=1S/C68H70F16N4P4/c1-13-89(14-2,15-3)65-57(77)49(69)45(50(70)58(65)78)41-33-25-27-35(85-33)42(46-51(71)59(79)66(60(80)52(46)72)90(16-4,17-5)18-6)37-29-31-39(87-37)44(48-55(75)63(83)68(64(84)56(48)76)92(22-10,23-11)24-12)40-32-30-38(88-40)43(36-28-26-34(41)86-36)47-53(73)61(81)67(62(82)54(47)74)91(19-7,20-8)21-9/h25-32,85-86H,13-24H2,1-12H3/q+4. The Morgan fingerprint density at radius 2 is 0.391 bits per heavy atom. The van der Waals surface area contributed by atoms with Crippen LogP contribution in [0.5, 0.6) is 0 Å². The number of fused-ring (bicyclic) bond motifs is 8. The molecule has 4 aromatic carbocycles. The number of rotatable bonds is 20. The van der Waals surface area contributed by atoms with Gasteiger partial charge < -0.3 is 9.97 Å². The maximum atomic E-state index is 17.6. The maximum Gasteiger partial charge on any atom is 0.204 e. The first-order chi connectivity index (χ1) is 43.7. The summed E-state index contributed by atoms with van der Waals surface area (Å²) in [7, 11) is -12.0. The Bertz CT molecular complexity index is 4050. The van der Waals surface area contributed by atoms with Crippen molar-refractivity contribution < 1.29 is 70.2 Å². The predicted molar refractivity (Wildman–Crippen MR) is 353 cm³/mol. The van der Waals surface area contributed by atoms with Crippen LogP contribution in [-0.2, 0) is 0 Å². The molecule has 0 amide bonds. The molecule has 2 aliphatic heterocycles. The number of aromatic nitrogens is 4. The summed E-state index contributed by atoms with van der Waals surface area (Å²) in [5, 5.41) is -3.33. The lowest BCUT2D eigenvalue weighted by molar-refractivity contribution is 0.467. The molecule has 7 aromatic rings. The second-order valence-corrected chi connectivity index (χ2v) is 41.3. The average Bonchev–Trinajstić information content (AvgIpc) is 1.21. The van der Waals surface area contributed by atoms with Crippen LogP contribution in [0.25, 0.3) is 90.9 Å². The van der Waals surface area contributed by atoms with Crippen molar-refractivity contribution in [3.05, 3.63) is 140 Å². The fourth-order valence-corrected chi connectivity index (χ4v) is 27.1. The zero-order chi connectivity index (χ0) is 67.8. The lowest BCUT2D eigenvalue weighted by Crippen LogP contribution is -2.27. The highest BCUT2D eigenvalue weighted by Gasteiger charge is 2.49. The molecule has 0 saturated carbocycles. The average molecular weight is 1370 g/mol. The number of nitrogens with one attached hydrogen (secondary N) is 2. The van der Waals surface area contributed by atoms with Crippen LogP contribution in [0.2, 0.25) is 0 Å². The zero-order valence-electron chi connectivity index (χ0n) is 52.8. The van der Waals surface area contributed by atoms with Gasteiger partial charge in [0.25, 0.3) is 0 Å². The van der Waals surface area contributed by atoms with Crippen molar-refractivity contribution in [3.8, 4) is 44.5 Å². The van der Waals surface area contributed by atoms with Crippen molar-refractivity contribution >= 4 is 96.6 Å². The molecule has 9 rings (SSSR count). The molecular weight excluding hydrogens is 1300 g/mol. The Balaban J connectivity index is 1.60. The summed E-state index contributed by atoms with van der Waals surface area (Å²) in [5.41, 5.74) is -14.7. The number of benzene rings is 4. The highest BCUT2D eigenvalue weighted by atomic mass is 31.2. The van der Waals surface area contributed by atoms with Crippen LogP contribution < -0.4 is 21.2 Å². The van der Waals surface area contributed by atoms with Crippen molar-refractivity contribution in [2.45, 2.75) is 83.1 Å². The van der Waals surface area contributed by atoms with Crippen LogP contribution in [0, 0.1) is 93.1 Å². The van der Waals surface area contributed by atoms with Gasteiger partial charge in [0.05, 0.1) is 148 Å². The summed E-state index contributed by atoms with van der Waals surface area (Å²) in [6, 6.07) is 3.93. The predicted octanol–water partition coefficient (Wildman–Crippen LogP) is 20.4. The number of H-pyrrole nitrogens is 2. The molecule has 2 N–H and O–H groups in total. The molecule has 8 bridgehead atoms. The van der Waals surface area contributed by atoms with E-state index < -0.39 is 233 Å². The normalized spacial score (nSPS) is 13.0. The van der Waals surface area contributed by atoms with E-state index in [4.69, 9.17) is 0 Å². The number of hydrogen-bond donors (Lipinski definition) is 2. The van der Waals surface area contributed by atoms with Crippen molar-refractivity contribution in [1.29, 1.82) is 0 Å². The number of hydrogen-bond acceptors (Lipinski definition) is 2. The summed E-state index contributed by atoms with van der Waals surface area (Å²) in [6.45, 7) is 19.3. The Labute approximate surface area is 526 Å². The first kappa shape index (κ1) is 70.4. The van der Waals surface area contributed by atoms with Crippen molar-refractivity contribution in [2.75, 3.05) is 73.9 Å². The van der Waals surface area contributed by atoms with Gasteiger partial charge in [0.15, 0.2) is 67.8 Å². The maximum absolute atomic E-state index is 17.6. The second-order valence-electron chi connectivity index (χ2n) is 22.8. The van der Waals surface area contributed by atoms with E-state index in [0.717, 1.165) is 48.6 Å². The Morgan fingerprint density at radius 3 is 0.587 bits per heavy atom. The largest absolute Gasteiger partial charge is 0.354 e. The number of nitrogens with zero attached hydrogens (tertiary/aromatic N) is 2. The van der Waals surface area contributed by atoms with E-state index in [2.05, 4.69) is 19.9 Å². The van der Waals surface area contributed by atoms with E-state index in [-0.39, 0.29) is 73.9 Å². The molecule has 0 radical (unpaired) electrons. The topological polar surface area (TPSA) is 57.4 Å². The zero-order valence-corrected chi connectivity index (χ0v) is 56.4. The second kappa shape index (κ2) is 26.7. The highest BCUT2D eigenvalue weighted by molar-refractivity contribution is 7.84. The molecule has 92 heavy (non-hydrogen) atoms. The molecule has 24 heteroatoms. The Morgan fingerprint density at radius 1 is 0.228 bits per heavy atom. The summed E-state index contributed by atoms with van der Waals surface area (Å²) in [4.78, 5) is 14.4. The molecule has 5 heterocycles. The molecule has 0 saturated heterocycles. The lowest BCUT2D eigenvalue weighted by Gasteiger charge is -2.25. The molecule has 0 spiro atoms. The van der Waals surface area contributed by atoms with Gasteiger partial charge in [0.1, 0.15) is 0 Å². The fourth-order valence-electron chi connectivity index (χ4n) is 13.9. The third kappa shape index (κ3) is 10.6. The van der Waals surface area contributed by atoms with E-state index in [9.17, 15) is 0 Å². The summed E-state index contributed by atoms with van der Waals surface area (Å²) in [5.74, 6) is -30.1. The molecule has 0 atom stereocenters. The first-order valence-electron chi connectivity index (χ1n) is 30.7. The molecular formula is C68H70F16N4P4+4. The monoisotopic (exact) mass is 1370 g/mol. The van der Waals surface area contributed by atoms with Crippen LogP contribution in [0.3, 0.4) is 0 Å². The van der Waals surface area contributed by atoms with Crippen molar-refractivity contribution in [2.24, 2.45) is 0 Å². The molecule has 0 aliphatic carbocycles. The van der Waals surface area contributed by atoms with Crippen LogP contribution in [-0.4, -0.2) is 93.9 Å². The van der Waals surface area contributed by atoms with Crippen molar-refractivity contribution in [3.63, 3.8) is 0 Å². The van der Waals surface area contributed by atoms with E-state index in [1.54, 1.807) is 83.1 Å². The molecule has 4 nitrogen and oxygen atoms in total. The minimum Gasteiger partial charge on any atom is -0.354 e. The smallest absolute Gasteiger partial charge is 0.204 e. The molecule has 2 aliphatic rings. The summed E-state index contributed by atoms with van der Waals surface area (Å²) in [6.07, 6.45) is 5.00. The van der Waals surface area contributed by atoms with E-state index in [1.165, 1.54) is 0 Å². The van der Waals surface area contributed by atoms with Crippen LogP contribution in [0.15, 0.2) is 24.3 Å². The Kier molecular flexibility index (Phi) is 20.4. The minimum absolute atomic E-state index is 0.102. The van der Waals surface area contributed by atoms with Gasteiger partial charge in [0.2, 0.25) is 46.5 Å². The Hall–Kier alpha value is -5.92. The molecule has 3 aromatic heterocycles. The highest BCUT2D eigenvalue weighted by Crippen LogP contribution is 2.62. The van der Waals surface area contributed by atoms with E-state index >= 15 is 70.2 Å². The van der Waals surface area contributed by atoms with Gasteiger partial charge in [-0.3, -0.25) is 0 Å². The third-order valence-electron chi connectivity index (χ3n) is 19.9. The van der Waals surface area contributed by atoms with Gasteiger partial charge in [-0.15, -0.1) is 0 Å². The molecule has 0 unspecified atom stereocenters. The summed E-state index contributed by atoms with van der Waals surface area (Å²) < 4.78 is 278. The van der Waals surface area contributed by atoms with Gasteiger partial charge in [-0.05, 0) is 132 Å². The van der Waals surface area contributed by atoms with Gasteiger partial charge in [-0.25, -0.2) is 45.1 Å². The fraction of sp³-hybridized carbons (Fsp3) is 0.353. The van der Waals surface area contributed by atoms with Gasteiger partial charge in [0, 0.05) is 44.3 Å². The van der Waals surface area contributed by atoms with Crippen LogP contribution in [0.4, 0.5) is 70.2 Å². The van der Waals surface area contributed by atoms with Gasteiger partial charge in [-0.2, -0.15) is 35.1 Å². The molecule has 0 fully saturated rings. The minimum atomic E-state index is -3.01. The van der Waals surface area contributed by atoms with Crippen LogP contribution in [0.1, 0.15) is 106 Å². The first-order valence-corrected chi connectivity index (χ1v) is 40.1. The van der Waals surface area contributed by atoms with Gasteiger partial charge in [-0.1, -0.05) is 0 Å². The van der Waals surface area contributed by atoms with E-state index in [1.807, 2.05) is 0 Å². The van der Waals surface area contributed by atoms with Crippen molar-refractivity contribution in [1.82, 2.24) is 19.9 Å². The molecule has 490 valence electrons. The number of aromatic amines is 2. The van der Waals surface area contributed by atoms with Crippen LogP contribution >= 0.6 is 29.0 Å². The summed E-state index contributed by atoms with van der Waals surface area (Å²) >= 11 is 0. The number of halogens is 16. The van der Waals surface area contributed by atoms with E-state index in [0.29, 0.717) is 0 Å². The quantitative estimate of drug-likeness (QED) is 0.0454. The SMILES string of the molecule is CC[P+](CC)(CC)c1c(F)c(F)c(-c2c3nc(c(-c4c(F)c(F)c([P+](CC)(CC)CC)c(F)c4F)c4ccc([nH]4)c(-c4c(F)c(F)c([P+](CC)(CC)CC)c(F)c4F)c4ccc([nH]4)c(-c4c(F)c(F)c([P+](CC)(CC)CC)c(F)c4F)c4nc2C=C4)C=C3)c(F)c1F. The lowest BCUT2D eigenvalue weighted by atomic mass is 10.00. The third-order valence-corrected chi connectivity index (χ3v) is 39.8.